The molecule has 0 saturated carbocycles. The van der Waals surface area contributed by atoms with Crippen molar-refractivity contribution < 1.29 is 23.5 Å². The number of esters is 2. The fraction of sp³-hybridized carbons (Fsp3) is 0.222. The molecular formula is C9H8FNO4. The van der Waals surface area contributed by atoms with E-state index in [-0.39, 0.29) is 5.56 Å². The summed E-state index contributed by atoms with van der Waals surface area (Å²) in [6, 6.07) is 0.866. The number of hydrogen-bond acceptors (Lipinski definition) is 5. The van der Waals surface area contributed by atoms with Gasteiger partial charge in [-0.2, -0.15) is 0 Å². The minimum atomic E-state index is -0.926. The third-order valence-corrected chi connectivity index (χ3v) is 1.64. The van der Waals surface area contributed by atoms with Gasteiger partial charge in [-0.15, -0.1) is 0 Å². The largest absolute Gasteiger partial charge is 0.465 e. The molecule has 6 heteroatoms. The van der Waals surface area contributed by atoms with Gasteiger partial charge in [0.15, 0.2) is 11.5 Å². The topological polar surface area (TPSA) is 65.5 Å². The van der Waals surface area contributed by atoms with Crippen molar-refractivity contribution in [3.63, 3.8) is 0 Å². The molecular weight excluding hydrogens is 205 g/mol. The number of carbonyl (C=O) groups is 2. The molecule has 15 heavy (non-hydrogen) atoms. The second-order valence-electron chi connectivity index (χ2n) is 2.54. The van der Waals surface area contributed by atoms with Crippen LogP contribution in [0.4, 0.5) is 4.39 Å². The molecule has 0 radical (unpaired) electrons. The van der Waals surface area contributed by atoms with Crippen LogP contribution in [-0.4, -0.2) is 31.1 Å². The van der Waals surface area contributed by atoms with E-state index in [2.05, 4.69) is 14.5 Å². The standard InChI is InChI=1S/C9H8FNO4/c1-14-8(12)5-3-6(10)7(11-4-5)9(13)15-2/h3-4H,1-2H3. The Kier molecular flexibility index (Phi) is 3.33. The molecule has 80 valence electrons. The van der Waals surface area contributed by atoms with Gasteiger partial charge in [0.2, 0.25) is 0 Å². The molecule has 0 aromatic carbocycles. The Morgan fingerprint density at radius 1 is 1.27 bits per heavy atom. The highest BCUT2D eigenvalue weighted by molar-refractivity contribution is 5.91. The van der Waals surface area contributed by atoms with Crippen molar-refractivity contribution in [1.29, 1.82) is 0 Å². The number of carbonyl (C=O) groups excluding carboxylic acids is 2. The molecule has 0 amide bonds. The van der Waals surface area contributed by atoms with Crippen LogP contribution in [0.1, 0.15) is 20.8 Å². The minimum absolute atomic E-state index is 0.0670. The van der Waals surface area contributed by atoms with Gasteiger partial charge in [-0.05, 0) is 6.07 Å². The average Bonchev–Trinajstić information content (AvgIpc) is 2.26. The number of hydrogen-bond donors (Lipinski definition) is 0. The highest BCUT2D eigenvalue weighted by atomic mass is 19.1. The van der Waals surface area contributed by atoms with Gasteiger partial charge in [0.1, 0.15) is 0 Å². The summed E-state index contributed by atoms with van der Waals surface area (Å²) in [5.41, 5.74) is -0.534. The SMILES string of the molecule is COC(=O)c1cnc(C(=O)OC)c(F)c1. The molecule has 5 nitrogen and oxygen atoms in total. The lowest BCUT2D eigenvalue weighted by atomic mass is 10.2. The zero-order chi connectivity index (χ0) is 11.4. The van der Waals surface area contributed by atoms with Crippen molar-refractivity contribution in [2.24, 2.45) is 0 Å². The molecule has 0 aliphatic heterocycles. The van der Waals surface area contributed by atoms with E-state index in [1.807, 2.05) is 0 Å². The van der Waals surface area contributed by atoms with Gasteiger partial charge in [-0.1, -0.05) is 0 Å². The number of pyridine rings is 1. The number of methoxy groups -OCH3 is 2. The number of halogens is 1. The van der Waals surface area contributed by atoms with Crippen LogP contribution >= 0.6 is 0 Å². The van der Waals surface area contributed by atoms with Crippen molar-refractivity contribution in [1.82, 2.24) is 4.98 Å². The van der Waals surface area contributed by atoms with Gasteiger partial charge in [-0.25, -0.2) is 19.0 Å². The third kappa shape index (κ3) is 2.28. The Morgan fingerprint density at radius 2 is 1.87 bits per heavy atom. The Morgan fingerprint density at radius 3 is 2.33 bits per heavy atom. The van der Waals surface area contributed by atoms with Gasteiger partial charge in [0.05, 0.1) is 19.8 Å². The highest BCUT2D eigenvalue weighted by Gasteiger charge is 2.16. The van der Waals surface area contributed by atoms with Crippen LogP contribution in [-0.2, 0) is 9.47 Å². The second kappa shape index (κ2) is 4.50. The van der Waals surface area contributed by atoms with Gasteiger partial charge in [-0.3, -0.25) is 0 Å². The summed E-state index contributed by atoms with van der Waals surface area (Å²) in [5.74, 6) is -2.55. The van der Waals surface area contributed by atoms with E-state index in [9.17, 15) is 14.0 Å². The Hall–Kier alpha value is -1.98. The van der Waals surface area contributed by atoms with Crippen molar-refractivity contribution in [2.45, 2.75) is 0 Å². The normalized spacial score (nSPS) is 9.53. The molecule has 0 fully saturated rings. The van der Waals surface area contributed by atoms with Crippen molar-refractivity contribution in [3.8, 4) is 0 Å². The Bertz CT molecular complexity index is 405. The summed E-state index contributed by atoms with van der Waals surface area (Å²) in [7, 11) is 2.27. The van der Waals surface area contributed by atoms with Crippen molar-refractivity contribution in [3.05, 3.63) is 29.3 Å². The number of rotatable bonds is 2. The molecule has 0 atom stereocenters. The van der Waals surface area contributed by atoms with Gasteiger partial charge >= 0.3 is 11.9 Å². The third-order valence-electron chi connectivity index (χ3n) is 1.64. The van der Waals surface area contributed by atoms with Gasteiger partial charge in [0.25, 0.3) is 0 Å². The Balaban J connectivity index is 3.08. The van der Waals surface area contributed by atoms with Crippen LogP contribution in [0.15, 0.2) is 12.3 Å². The molecule has 1 rings (SSSR count). The maximum absolute atomic E-state index is 13.2. The quantitative estimate of drug-likeness (QED) is 0.679. The summed E-state index contributed by atoms with van der Waals surface area (Å²) in [4.78, 5) is 25.4. The molecule has 0 spiro atoms. The van der Waals surface area contributed by atoms with Crippen molar-refractivity contribution >= 4 is 11.9 Å². The van der Waals surface area contributed by atoms with E-state index in [1.54, 1.807) is 0 Å². The molecule has 0 saturated heterocycles. The first-order valence-corrected chi connectivity index (χ1v) is 3.92. The zero-order valence-corrected chi connectivity index (χ0v) is 8.11. The first kappa shape index (κ1) is 11.1. The zero-order valence-electron chi connectivity index (χ0n) is 8.11. The van der Waals surface area contributed by atoms with Crippen LogP contribution < -0.4 is 0 Å². The van der Waals surface area contributed by atoms with Crippen LogP contribution in [0.5, 0.6) is 0 Å². The molecule has 1 heterocycles. The molecule has 0 unspecified atom stereocenters. The number of aromatic nitrogens is 1. The van der Waals surface area contributed by atoms with Gasteiger partial charge in [0, 0.05) is 6.20 Å². The predicted octanol–water partition coefficient (Wildman–Crippen LogP) is 0.794. The molecule has 0 aliphatic rings. The second-order valence-corrected chi connectivity index (χ2v) is 2.54. The highest BCUT2D eigenvalue weighted by Crippen LogP contribution is 2.09. The first-order chi connectivity index (χ1) is 7.10. The average molecular weight is 213 g/mol. The molecule has 0 N–H and O–H groups in total. The molecule has 1 aromatic heterocycles. The fourth-order valence-electron chi connectivity index (χ4n) is 0.914. The lowest BCUT2D eigenvalue weighted by molar-refractivity contribution is 0.0575. The molecule has 0 aliphatic carbocycles. The minimum Gasteiger partial charge on any atom is -0.465 e. The Labute approximate surface area is 84.8 Å². The van der Waals surface area contributed by atoms with Gasteiger partial charge < -0.3 is 9.47 Å². The van der Waals surface area contributed by atoms with Crippen LogP contribution in [0.3, 0.4) is 0 Å². The predicted molar refractivity (Wildman–Crippen MR) is 46.9 cm³/mol. The number of nitrogens with zero attached hydrogens (tertiary/aromatic N) is 1. The van der Waals surface area contributed by atoms with Crippen LogP contribution in [0.25, 0.3) is 0 Å². The number of ether oxygens (including phenoxy) is 2. The maximum Gasteiger partial charge on any atom is 0.359 e. The fourth-order valence-corrected chi connectivity index (χ4v) is 0.914. The van der Waals surface area contributed by atoms with Crippen molar-refractivity contribution in [2.75, 3.05) is 14.2 Å². The summed E-state index contributed by atoms with van der Waals surface area (Å²) < 4.78 is 21.9. The molecule has 1 aromatic rings. The van der Waals surface area contributed by atoms with Crippen LogP contribution in [0.2, 0.25) is 0 Å². The van der Waals surface area contributed by atoms with E-state index in [0.29, 0.717) is 0 Å². The van der Waals surface area contributed by atoms with Crippen LogP contribution in [0, 0.1) is 5.82 Å². The van der Waals surface area contributed by atoms with E-state index >= 15 is 0 Å². The first-order valence-electron chi connectivity index (χ1n) is 3.92. The maximum atomic E-state index is 13.2. The van der Waals surface area contributed by atoms with E-state index in [4.69, 9.17) is 0 Å². The smallest absolute Gasteiger partial charge is 0.359 e. The summed E-state index contributed by atoms with van der Waals surface area (Å²) in [5, 5.41) is 0. The summed E-state index contributed by atoms with van der Waals surface area (Å²) in [6.45, 7) is 0. The lowest BCUT2D eigenvalue weighted by Gasteiger charge is -2.02. The summed E-state index contributed by atoms with van der Waals surface area (Å²) in [6.07, 6.45) is 1.04. The molecule has 0 bridgehead atoms. The monoisotopic (exact) mass is 213 g/mol. The van der Waals surface area contributed by atoms with E-state index < -0.39 is 23.4 Å². The van der Waals surface area contributed by atoms with E-state index in [0.717, 1.165) is 26.5 Å². The summed E-state index contributed by atoms with van der Waals surface area (Å²) >= 11 is 0. The lowest BCUT2D eigenvalue weighted by Crippen LogP contribution is -2.10. The van der Waals surface area contributed by atoms with E-state index in [1.165, 1.54) is 0 Å².